The molecule has 0 spiro atoms. The van der Waals surface area contributed by atoms with Crippen molar-refractivity contribution in [3.8, 4) is 0 Å². The summed E-state index contributed by atoms with van der Waals surface area (Å²) in [6.07, 6.45) is 1.04. The van der Waals surface area contributed by atoms with Crippen LogP contribution in [0.3, 0.4) is 0 Å². The number of hydrogen-bond acceptors (Lipinski definition) is 2. The molecular formula is C14H20ClNO. The summed E-state index contributed by atoms with van der Waals surface area (Å²) in [5.74, 6) is 0.336. The van der Waals surface area contributed by atoms with Crippen LogP contribution in [0.4, 0.5) is 5.69 Å². The van der Waals surface area contributed by atoms with Crippen molar-refractivity contribution < 1.29 is 5.11 Å². The highest BCUT2D eigenvalue weighted by atomic mass is 35.5. The third-order valence-electron chi connectivity index (χ3n) is 4.08. The van der Waals surface area contributed by atoms with E-state index < -0.39 is 0 Å². The molecule has 2 nitrogen and oxygen atoms in total. The Bertz CT molecular complexity index is 417. The van der Waals surface area contributed by atoms with Gasteiger partial charge in [-0.3, -0.25) is 0 Å². The molecule has 17 heavy (non-hydrogen) atoms. The number of nitrogens with zero attached hydrogens (tertiary/aromatic N) is 1. The van der Waals surface area contributed by atoms with Crippen molar-refractivity contribution in [2.75, 3.05) is 18.1 Å². The van der Waals surface area contributed by atoms with Crippen molar-refractivity contribution in [3.05, 3.63) is 28.8 Å². The Morgan fingerprint density at radius 1 is 1.47 bits per heavy atom. The first kappa shape index (κ1) is 12.7. The molecule has 1 aliphatic rings. The minimum Gasteiger partial charge on any atom is -0.396 e. The molecule has 1 fully saturated rings. The fraction of sp³-hybridized carbons (Fsp3) is 0.571. The van der Waals surface area contributed by atoms with E-state index in [9.17, 15) is 5.11 Å². The lowest BCUT2D eigenvalue weighted by Gasteiger charge is -2.37. The number of rotatable bonds is 2. The third-order valence-corrected chi connectivity index (χ3v) is 4.49. The molecule has 1 unspecified atom stereocenters. The number of aryl methyl sites for hydroxylation is 1. The number of benzene rings is 1. The first-order chi connectivity index (χ1) is 7.96. The zero-order valence-electron chi connectivity index (χ0n) is 10.7. The zero-order valence-corrected chi connectivity index (χ0v) is 11.5. The van der Waals surface area contributed by atoms with Crippen LogP contribution in [0.25, 0.3) is 0 Å². The van der Waals surface area contributed by atoms with Gasteiger partial charge in [0.15, 0.2) is 0 Å². The maximum absolute atomic E-state index is 9.41. The molecule has 1 atom stereocenters. The van der Waals surface area contributed by atoms with Gasteiger partial charge in [-0.15, -0.1) is 0 Å². The van der Waals surface area contributed by atoms with E-state index in [1.165, 1.54) is 0 Å². The summed E-state index contributed by atoms with van der Waals surface area (Å²) in [4.78, 5) is 2.35. The molecule has 2 rings (SSSR count). The quantitative estimate of drug-likeness (QED) is 0.875. The number of hydrogen-bond donors (Lipinski definition) is 1. The van der Waals surface area contributed by atoms with Gasteiger partial charge in [0.1, 0.15) is 0 Å². The average Bonchev–Trinajstić information content (AvgIpc) is 2.57. The first-order valence-electron chi connectivity index (χ1n) is 6.11. The Labute approximate surface area is 108 Å². The van der Waals surface area contributed by atoms with E-state index >= 15 is 0 Å². The number of anilines is 1. The zero-order chi connectivity index (χ0) is 12.6. The van der Waals surface area contributed by atoms with E-state index in [0.717, 1.165) is 29.2 Å². The summed E-state index contributed by atoms with van der Waals surface area (Å²) in [5, 5.41) is 10.2. The van der Waals surface area contributed by atoms with E-state index in [2.05, 4.69) is 30.9 Å². The van der Waals surface area contributed by atoms with E-state index in [1.807, 2.05) is 13.0 Å². The van der Waals surface area contributed by atoms with Gasteiger partial charge in [0.05, 0.1) is 0 Å². The Hall–Kier alpha value is -0.730. The van der Waals surface area contributed by atoms with Crippen molar-refractivity contribution in [1.82, 2.24) is 0 Å². The highest BCUT2D eigenvalue weighted by Gasteiger charge is 2.40. The number of halogens is 1. The first-order valence-corrected chi connectivity index (χ1v) is 6.49. The predicted molar refractivity (Wildman–Crippen MR) is 72.8 cm³/mol. The standard InChI is InChI=1S/C14H20ClNO/c1-10-4-5-12(8-13(10)15)16-7-6-11(9-17)14(16,2)3/h4-5,8,11,17H,6-7,9H2,1-3H3. The fourth-order valence-electron chi connectivity index (χ4n) is 2.67. The number of aliphatic hydroxyl groups excluding tert-OH is 1. The molecule has 0 aromatic heterocycles. The summed E-state index contributed by atoms with van der Waals surface area (Å²) in [6.45, 7) is 7.63. The van der Waals surface area contributed by atoms with Crippen LogP contribution in [0.5, 0.6) is 0 Å². The molecule has 1 aliphatic heterocycles. The summed E-state index contributed by atoms with van der Waals surface area (Å²) < 4.78 is 0. The van der Waals surface area contributed by atoms with Gasteiger partial charge in [-0.2, -0.15) is 0 Å². The Balaban J connectivity index is 2.32. The summed E-state index contributed by atoms with van der Waals surface area (Å²) >= 11 is 6.18. The van der Waals surface area contributed by atoms with Gasteiger partial charge >= 0.3 is 0 Å². The van der Waals surface area contributed by atoms with Crippen LogP contribution in [0, 0.1) is 12.8 Å². The largest absolute Gasteiger partial charge is 0.396 e. The molecule has 1 aromatic rings. The molecule has 0 radical (unpaired) electrons. The maximum atomic E-state index is 9.41. The summed E-state index contributed by atoms with van der Waals surface area (Å²) in [6, 6.07) is 6.20. The molecule has 1 saturated heterocycles. The highest BCUT2D eigenvalue weighted by molar-refractivity contribution is 6.31. The van der Waals surface area contributed by atoms with Crippen molar-refractivity contribution in [2.45, 2.75) is 32.7 Å². The molecule has 1 N–H and O–H groups in total. The normalized spacial score (nSPS) is 23.1. The van der Waals surface area contributed by atoms with Crippen molar-refractivity contribution in [2.24, 2.45) is 5.92 Å². The Morgan fingerprint density at radius 2 is 2.18 bits per heavy atom. The summed E-state index contributed by atoms with van der Waals surface area (Å²) in [5.41, 5.74) is 2.25. The highest BCUT2D eigenvalue weighted by Crippen LogP contribution is 2.38. The minimum atomic E-state index is -0.00661. The van der Waals surface area contributed by atoms with Crippen LogP contribution in [-0.2, 0) is 0 Å². The molecule has 94 valence electrons. The molecule has 3 heteroatoms. The van der Waals surface area contributed by atoms with Crippen LogP contribution < -0.4 is 4.90 Å². The average molecular weight is 254 g/mol. The van der Waals surface area contributed by atoms with Crippen LogP contribution in [0.15, 0.2) is 18.2 Å². The minimum absolute atomic E-state index is 0.00661. The fourth-order valence-corrected chi connectivity index (χ4v) is 2.85. The van der Waals surface area contributed by atoms with Crippen LogP contribution >= 0.6 is 11.6 Å². The van der Waals surface area contributed by atoms with Gasteiger partial charge in [0.25, 0.3) is 0 Å². The van der Waals surface area contributed by atoms with Gasteiger partial charge in [-0.1, -0.05) is 17.7 Å². The van der Waals surface area contributed by atoms with Crippen molar-refractivity contribution in [1.29, 1.82) is 0 Å². The Morgan fingerprint density at radius 3 is 2.71 bits per heavy atom. The molecule has 1 heterocycles. The molecule has 0 saturated carbocycles. The van der Waals surface area contributed by atoms with E-state index in [1.54, 1.807) is 0 Å². The molecular weight excluding hydrogens is 234 g/mol. The summed E-state index contributed by atoms with van der Waals surface area (Å²) in [7, 11) is 0. The molecule has 0 aliphatic carbocycles. The van der Waals surface area contributed by atoms with Gasteiger partial charge in [0.2, 0.25) is 0 Å². The molecule has 0 bridgehead atoms. The number of aliphatic hydroxyl groups is 1. The van der Waals surface area contributed by atoms with Gasteiger partial charge in [0, 0.05) is 35.3 Å². The van der Waals surface area contributed by atoms with Crippen LogP contribution in [-0.4, -0.2) is 23.8 Å². The van der Waals surface area contributed by atoms with Crippen molar-refractivity contribution >= 4 is 17.3 Å². The lowest BCUT2D eigenvalue weighted by Crippen LogP contribution is -2.43. The monoisotopic (exact) mass is 253 g/mol. The van der Waals surface area contributed by atoms with Gasteiger partial charge in [-0.05, 0) is 44.9 Å². The topological polar surface area (TPSA) is 23.5 Å². The van der Waals surface area contributed by atoms with E-state index in [-0.39, 0.29) is 12.1 Å². The molecule has 1 aromatic carbocycles. The predicted octanol–water partition coefficient (Wildman–Crippen LogP) is 3.25. The maximum Gasteiger partial charge on any atom is 0.0482 e. The van der Waals surface area contributed by atoms with Crippen molar-refractivity contribution in [3.63, 3.8) is 0 Å². The molecule has 0 amide bonds. The van der Waals surface area contributed by atoms with E-state index in [4.69, 9.17) is 11.6 Å². The second-order valence-electron chi connectivity index (χ2n) is 5.41. The lowest BCUT2D eigenvalue weighted by atomic mass is 9.89. The van der Waals surface area contributed by atoms with E-state index in [0.29, 0.717) is 5.92 Å². The van der Waals surface area contributed by atoms with Crippen LogP contribution in [0.2, 0.25) is 5.02 Å². The smallest absolute Gasteiger partial charge is 0.0482 e. The third kappa shape index (κ3) is 2.16. The van der Waals surface area contributed by atoms with Gasteiger partial charge in [-0.25, -0.2) is 0 Å². The van der Waals surface area contributed by atoms with Crippen LogP contribution in [0.1, 0.15) is 25.8 Å². The SMILES string of the molecule is Cc1ccc(N2CCC(CO)C2(C)C)cc1Cl. The second-order valence-corrected chi connectivity index (χ2v) is 5.81. The Kier molecular flexibility index (Phi) is 3.37. The van der Waals surface area contributed by atoms with Gasteiger partial charge < -0.3 is 10.0 Å². The lowest BCUT2D eigenvalue weighted by molar-refractivity contribution is 0.189. The second kappa shape index (κ2) is 4.51.